The molecule has 4 nitrogen and oxygen atoms in total. The van der Waals surface area contributed by atoms with Crippen molar-refractivity contribution in [1.82, 2.24) is 0 Å². The highest BCUT2D eigenvalue weighted by molar-refractivity contribution is 9.10. The van der Waals surface area contributed by atoms with E-state index in [1.165, 1.54) is 6.92 Å². The normalized spacial score (nSPS) is 11.4. The lowest BCUT2D eigenvalue weighted by molar-refractivity contribution is -0.114. The lowest BCUT2D eigenvalue weighted by Crippen LogP contribution is -2.06. The van der Waals surface area contributed by atoms with Crippen LogP contribution in [0.5, 0.6) is 0 Å². The van der Waals surface area contributed by atoms with E-state index in [4.69, 9.17) is 8.83 Å². The summed E-state index contributed by atoms with van der Waals surface area (Å²) in [7, 11) is 0. The van der Waals surface area contributed by atoms with Gasteiger partial charge in [0.15, 0.2) is 0 Å². The number of benzene rings is 2. The molecular formula is C20H16BrNO3. The third kappa shape index (κ3) is 2.65. The number of nitrogens with one attached hydrogen (secondary N) is 1. The number of fused-ring (bicyclic) bond motifs is 2. The van der Waals surface area contributed by atoms with Gasteiger partial charge < -0.3 is 14.2 Å². The monoisotopic (exact) mass is 397 g/mol. The van der Waals surface area contributed by atoms with E-state index < -0.39 is 0 Å². The molecule has 1 N–H and O–H groups in total. The van der Waals surface area contributed by atoms with Gasteiger partial charge in [-0.1, -0.05) is 22.0 Å². The number of halogens is 1. The number of anilines is 1. The van der Waals surface area contributed by atoms with E-state index in [-0.39, 0.29) is 5.91 Å². The van der Waals surface area contributed by atoms with Crippen molar-refractivity contribution in [3.05, 3.63) is 52.4 Å². The lowest BCUT2D eigenvalue weighted by atomic mass is 9.97. The first-order chi connectivity index (χ1) is 11.9. The summed E-state index contributed by atoms with van der Waals surface area (Å²) in [4.78, 5) is 11.8. The fraction of sp³-hybridized carbons (Fsp3) is 0.150. The second-order valence-corrected chi connectivity index (χ2v) is 7.05. The number of carbonyl (C=O) groups is 1. The summed E-state index contributed by atoms with van der Waals surface area (Å²) in [5, 5.41) is 5.72. The summed E-state index contributed by atoms with van der Waals surface area (Å²) < 4.78 is 12.8. The third-order valence-corrected chi connectivity index (χ3v) is 4.65. The van der Waals surface area contributed by atoms with Gasteiger partial charge in [0.2, 0.25) is 5.91 Å². The fourth-order valence-corrected chi connectivity index (χ4v) is 3.58. The van der Waals surface area contributed by atoms with Crippen molar-refractivity contribution in [2.24, 2.45) is 0 Å². The Bertz CT molecular complexity index is 1140. The molecule has 0 unspecified atom stereocenters. The third-order valence-electron chi connectivity index (χ3n) is 4.16. The van der Waals surface area contributed by atoms with Crippen LogP contribution in [0.4, 0.5) is 5.69 Å². The van der Waals surface area contributed by atoms with Crippen LogP contribution < -0.4 is 5.32 Å². The Morgan fingerprint density at radius 1 is 0.960 bits per heavy atom. The molecular weight excluding hydrogens is 382 g/mol. The molecule has 0 aliphatic heterocycles. The van der Waals surface area contributed by atoms with Crippen LogP contribution in [0, 0.1) is 13.8 Å². The summed E-state index contributed by atoms with van der Waals surface area (Å²) in [6.45, 7) is 5.32. The van der Waals surface area contributed by atoms with E-state index in [2.05, 4.69) is 21.2 Å². The summed E-state index contributed by atoms with van der Waals surface area (Å²) in [5.74, 6) is 2.24. The second-order valence-electron chi connectivity index (χ2n) is 6.13. The minimum absolute atomic E-state index is 0.122. The molecule has 0 saturated heterocycles. The van der Waals surface area contributed by atoms with Crippen molar-refractivity contribution in [1.29, 1.82) is 0 Å². The first-order valence-corrected chi connectivity index (χ1v) is 8.73. The van der Waals surface area contributed by atoms with Crippen LogP contribution in [0.15, 0.2) is 49.7 Å². The van der Waals surface area contributed by atoms with Gasteiger partial charge in [-0.3, -0.25) is 4.79 Å². The molecule has 0 aliphatic carbocycles. The van der Waals surface area contributed by atoms with Crippen molar-refractivity contribution >= 4 is 49.3 Å². The number of amides is 1. The van der Waals surface area contributed by atoms with Crippen molar-refractivity contribution in [3.8, 4) is 11.3 Å². The molecule has 4 rings (SSSR count). The van der Waals surface area contributed by atoms with E-state index in [1.807, 2.05) is 50.2 Å². The SMILES string of the molecule is CC(=O)Nc1c2cc(Br)ccc2c(-c2ccc(C)o2)c2oc(C)cc12. The number of hydrogen-bond donors (Lipinski definition) is 1. The van der Waals surface area contributed by atoms with Gasteiger partial charge in [0.05, 0.1) is 11.3 Å². The zero-order valence-electron chi connectivity index (χ0n) is 14.1. The van der Waals surface area contributed by atoms with E-state index >= 15 is 0 Å². The predicted molar refractivity (Wildman–Crippen MR) is 103 cm³/mol. The van der Waals surface area contributed by atoms with E-state index in [0.717, 1.165) is 49.2 Å². The maximum atomic E-state index is 11.8. The Morgan fingerprint density at radius 2 is 1.76 bits per heavy atom. The zero-order valence-corrected chi connectivity index (χ0v) is 15.7. The Labute approximate surface area is 152 Å². The van der Waals surface area contributed by atoms with Crippen LogP contribution in [0.3, 0.4) is 0 Å². The molecule has 5 heteroatoms. The van der Waals surface area contributed by atoms with Gasteiger partial charge in [-0.15, -0.1) is 0 Å². The van der Waals surface area contributed by atoms with Crippen LogP contribution in [0.2, 0.25) is 0 Å². The minimum Gasteiger partial charge on any atom is -0.461 e. The van der Waals surface area contributed by atoms with Gasteiger partial charge in [0, 0.05) is 22.2 Å². The Morgan fingerprint density at radius 3 is 2.44 bits per heavy atom. The number of carbonyl (C=O) groups excluding carboxylic acids is 1. The topological polar surface area (TPSA) is 55.4 Å². The molecule has 2 aromatic carbocycles. The highest BCUT2D eigenvalue weighted by Crippen LogP contribution is 2.44. The van der Waals surface area contributed by atoms with Crippen molar-refractivity contribution in [2.75, 3.05) is 5.32 Å². The standard InChI is InChI=1S/C20H16BrNO3/c1-10-4-7-17(24-10)18-14-6-5-13(21)9-15(14)19(22-12(3)23)16-8-11(2)25-20(16)18/h4-9H,1-3H3,(H,22,23). The number of rotatable bonds is 2. The minimum atomic E-state index is -0.122. The van der Waals surface area contributed by atoms with E-state index in [9.17, 15) is 4.79 Å². The molecule has 0 fully saturated rings. The van der Waals surface area contributed by atoms with Gasteiger partial charge in [-0.2, -0.15) is 0 Å². The summed E-state index contributed by atoms with van der Waals surface area (Å²) in [6, 6.07) is 11.8. The Hall–Kier alpha value is -2.53. The van der Waals surface area contributed by atoms with Crippen LogP contribution in [-0.2, 0) is 4.79 Å². The van der Waals surface area contributed by atoms with Gasteiger partial charge in [-0.25, -0.2) is 0 Å². The Kier molecular flexibility index (Phi) is 3.69. The highest BCUT2D eigenvalue weighted by Gasteiger charge is 2.21. The smallest absolute Gasteiger partial charge is 0.221 e. The number of furan rings is 2. The molecule has 0 aliphatic rings. The summed E-state index contributed by atoms with van der Waals surface area (Å²) in [5.41, 5.74) is 2.36. The molecule has 0 saturated carbocycles. The van der Waals surface area contributed by atoms with Crippen LogP contribution in [0.25, 0.3) is 33.1 Å². The zero-order chi connectivity index (χ0) is 17.7. The number of aryl methyl sites for hydroxylation is 2. The predicted octanol–water partition coefficient (Wildman–Crippen LogP) is 6.18. The average Bonchev–Trinajstić information content (AvgIpc) is 3.13. The van der Waals surface area contributed by atoms with Crippen LogP contribution >= 0.6 is 15.9 Å². The van der Waals surface area contributed by atoms with Gasteiger partial charge >= 0.3 is 0 Å². The quantitative estimate of drug-likeness (QED) is 0.438. The van der Waals surface area contributed by atoms with Crippen LogP contribution in [-0.4, -0.2) is 5.91 Å². The molecule has 4 aromatic rings. The van der Waals surface area contributed by atoms with Crippen molar-refractivity contribution < 1.29 is 13.6 Å². The van der Waals surface area contributed by atoms with E-state index in [1.54, 1.807) is 0 Å². The van der Waals surface area contributed by atoms with Crippen molar-refractivity contribution in [3.63, 3.8) is 0 Å². The molecule has 1 amide bonds. The first-order valence-electron chi connectivity index (χ1n) is 7.94. The highest BCUT2D eigenvalue weighted by atomic mass is 79.9. The largest absolute Gasteiger partial charge is 0.461 e. The Balaban J connectivity index is 2.22. The molecule has 0 radical (unpaired) electrons. The lowest BCUT2D eigenvalue weighted by Gasteiger charge is -2.13. The van der Waals surface area contributed by atoms with E-state index in [0.29, 0.717) is 5.58 Å². The van der Waals surface area contributed by atoms with Gasteiger partial charge in [0.25, 0.3) is 0 Å². The second kappa shape index (κ2) is 5.77. The van der Waals surface area contributed by atoms with Gasteiger partial charge in [-0.05, 0) is 49.6 Å². The maximum absolute atomic E-state index is 11.8. The molecule has 0 spiro atoms. The molecule has 25 heavy (non-hydrogen) atoms. The number of hydrogen-bond acceptors (Lipinski definition) is 3. The molecule has 2 aromatic heterocycles. The molecule has 0 atom stereocenters. The summed E-state index contributed by atoms with van der Waals surface area (Å²) >= 11 is 3.53. The first kappa shape index (κ1) is 16.0. The van der Waals surface area contributed by atoms with Crippen molar-refractivity contribution in [2.45, 2.75) is 20.8 Å². The maximum Gasteiger partial charge on any atom is 0.221 e. The fourth-order valence-electron chi connectivity index (χ4n) is 3.22. The average molecular weight is 398 g/mol. The van der Waals surface area contributed by atoms with Crippen LogP contribution in [0.1, 0.15) is 18.4 Å². The summed E-state index contributed by atoms with van der Waals surface area (Å²) in [6.07, 6.45) is 0. The molecule has 0 bridgehead atoms. The van der Waals surface area contributed by atoms with Gasteiger partial charge in [0.1, 0.15) is 22.9 Å². The molecule has 126 valence electrons. The molecule has 2 heterocycles.